The molecule has 0 aromatic heterocycles. The van der Waals surface area contributed by atoms with Crippen LogP contribution in [-0.2, 0) is 29.2 Å². The van der Waals surface area contributed by atoms with E-state index in [1.807, 2.05) is 51.3 Å². The van der Waals surface area contributed by atoms with Crippen molar-refractivity contribution in [2.45, 2.75) is 50.1 Å². The van der Waals surface area contributed by atoms with Crippen LogP contribution in [0.1, 0.15) is 69.4 Å². The first kappa shape index (κ1) is 37.5. The minimum atomic E-state index is -1.36. The average Bonchev–Trinajstić information content (AvgIpc) is 3.46. The number of benzene rings is 4. The molecule has 49 heavy (non-hydrogen) atoms. The fourth-order valence-electron chi connectivity index (χ4n) is 6.43. The Bertz CT molecular complexity index is 1740. The molecular weight excluding hydrogens is 624 g/mol. The Hall–Kier alpha value is -4.30. The highest BCUT2D eigenvalue weighted by Gasteiger charge is 2.41. The van der Waals surface area contributed by atoms with Crippen LogP contribution in [0, 0.1) is 18.2 Å². The van der Waals surface area contributed by atoms with Crippen molar-refractivity contribution in [1.29, 1.82) is 0 Å². The van der Waals surface area contributed by atoms with Gasteiger partial charge in [0.15, 0.2) is 5.69 Å². The van der Waals surface area contributed by atoms with Gasteiger partial charge in [-0.25, -0.2) is 13.6 Å². The fraction of sp³-hybridized carbons (Fsp3) is 0.350. The summed E-state index contributed by atoms with van der Waals surface area (Å²) < 4.78 is 32.9. The molecule has 2 unspecified atom stereocenters. The van der Waals surface area contributed by atoms with Crippen molar-refractivity contribution in [3.63, 3.8) is 0 Å². The third kappa shape index (κ3) is 9.04. The zero-order valence-electron chi connectivity index (χ0n) is 28.6. The van der Waals surface area contributed by atoms with E-state index in [2.05, 4.69) is 9.74 Å². The van der Waals surface area contributed by atoms with E-state index in [-0.39, 0.29) is 18.2 Å². The van der Waals surface area contributed by atoms with E-state index < -0.39 is 11.2 Å². The van der Waals surface area contributed by atoms with Crippen LogP contribution in [0.25, 0.3) is 4.85 Å². The molecule has 2 N–H and O–H groups in total. The first-order chi connectivity index (χ1) is 23.4. The van der Waals surface area contributed by atoms with E-state index in [1.165, 1.54) is 24.3 Å². The SMILES string of the molecule is CN(C)CCCC1(c2ccc(F)cc2)OCc2cc(C=O)ccc21.[C-]#[N+]c1ccc(C(O)(CCCN(C)C)c2ccc(F)cc2)c(CO)c1. The lowest BCUT2D eigenvalue weighted by atomic mass is 9.80. The van der Waals surface area contributed by atoms with Gasteiger partial charge in [-0.1, -0.05) is 54.6 Å². The summed E-state index contributed by atoms with van der Waals surface area (Å²) in [5.41, 5.74) is 3.83. The lowest BCUT2D eigenvalue weighted by molar-refractivity contribution is -0.0140. The van der Waals surface area contributed by atoms with Crippen LogP contribution in [0.15, 0.2) is 84.9 Å². The number of carbonyl (C=O) groups is 1. The van der Waals surface area contributed by atoms with Gasteiger partial charge in [0, 0.05) is 5.56 Å². The highest BCUT2D eigenvalue weighted by atomic mass is 19.1. The summed E-state index contributed by atoms with van der Waals surface area (Å²) in [6.45, 7) is 9.05. The number of ether oxygens (including phenoxy) is 1. The summed E-state index contributed by atoms with van der Waals surface area (Å²) in [4.78, 5) is 18.6. The standard InChI is InChI=1S/C20H23FN2O2.C20H22FNO2/c1-22-18-9-10-19(15(13-18)14-24)20(25,11-4-12-23(2)3)16-5-7-17(21)8-6-16;1-22(2)11-3-10-20(17-5-7-18(21)8-6-17)19-9-4-15(13-23)12-16(19)14-24-20/h5-10,13,24-25H,4,11-12,14H2,2-3H3;4-9,12-13H,3,10-11,14H2,1-2H3. The summed E-state index contributed by atoms with van der Waals surface area (Å²) in [6, 6.07) is 22.9. The smallest absolute Gasteiger partial charge is 0.187 e. The zero-order chi connectivity index (χ0) is 35.6. The van der Waals surface area contributed by atoms with Gasteiger partial charge < -0.3 is 24.7 Å². The molecule has 4 aromatic rings. The molecule has 5 rings (SSSR count). The molecule has 258 valence electrons. The van der Waals surface area contributed by atoms with Gasteiger partial charge in [0.25, 0.3) is 0 Å². The lowest BCUT2D eigenvalue weighted by Crippen LogP contribution is -2.30. The third-order valence-corrected chi connectivity index (χ3v) is 8.92. The van der Waals surface area contributed by atoms with Crippen molar-refractivity contribution in [2.75, 3.05) is 41.3 Å². The Labute approximate surface area is 288 Å². The molecule has 1 heterocycles. The molecular formula is C40H45F2N3O4. The maximum atomic E-state index is 13.4. The predicted molar refractivity (Wildman–Crippen MR) is 187 cm³/mol. The second-order valence-corrected chi connectivity index (χ2v) is 12.9. The Kier molecular flexibility index (Phi) is 12.9. The molecule has 2 atom stereocenters. The number of rotatable bonds is 13. The first-order valence-electron chi connectivity index (χ1n) is 16.3. The quantitative estimate of drug-likeness (QED) is 0.116. The van der Waals surface area contributed by atoms with Gasteiger partial charge in [0.1, 0.15) is 29.1 Å². The Morgan fingerprint density at radius 1 is 0.898 bits per heavy atom. The number of aldehydes is 1. The summed E-state index contributed by atoms with van der Waals surface area (Å²) in [6.07, 6.45) is 3.76. The number of aliphatic hydroxyl groups excluding tert-OH is 1. The zero-order valence-corrected chi connectivity index (χ0v) is 28.6. The van der Waals surface area contributed by atoms with Crippen LogP contribution in [0.5, 0.6) is 0 Å². The van der Waals surface area contributed by atoms with Crippen molar-refractivity contribution >= 4 is 12.0 Å². The Balaban J connectivity index is 0.000000221. The van der Waals surface area contributed by atoms with Crippen molar-refractivity contribution < 1.29 is 28.5 Å². The van der Waals surface area contributed by atoms with Gasteiger partial charge in [-0.15, -0.1) is 0 Å². The minimum absolute atomic E-state index is 0.253. The number of carbonyl (C=O) groups excluding carboxylic acids is 1. The molecule has 0 bridgehead atoms. The largest absolute Gasteiger partial charge is 0.392 e. The highest BCUT2D eigenvalue weighted by Crippen LogP contribution is 2.45. The summed E-state index contributed by atoms with van der Waals surface area (Å²) >= 11 is 0. The number of hydrogen-bond donors (Lipinski definition) is 2. The number of nitrogens with zero attached hydrogens (tertiary/aromatic N) is 3. The van der Waals surface area contributed by atoms with Crippen LogP contribution in [-0.4, -0.2) is 67.6 Å². The Morgan fingerprint density at radius 3 is 2.12 bits per heavy atom. The molecule has 9 heteroatoms. The summed E-state index contributed by atoms with van der Waals surface area (Å²) in [5, 5.41) is 21.2. The molecule has 0 fully saturated rings. The van der Waals surface area contributed by atoms with E-state index in [1.54, 1.807) is 42.5 Å². The lowest BCUT2D eigenvalue weighted by Gasteiger charge is -2.32. The van der Waals surface area contributed by atoms with Crippen LogP contribution < -0.4 is 0 Å². The summed E-state index contributed by atoms with van der Waals surface area (Å²) in [7, 11) is 8.01. The molecule has 0 amide bonds. The van der Waals surface area contributed by atoms with E-state index in [4.69, 9.17) is 11.3 Å². The first-order valence-corrected chi connectivity index (χ1v) is 16.3. The van der Waals surface area contributed by atoms with Crippen molar-refractivity contribution in [2.24, 2.45) is 0 Å². The molecule has 0 saturated carbocycles. The number of aliphatic hydroxyl groups is 2. The van der Waals surface area contributed by atoms with Crippen molar-refractivity contribution in [3.05, 3.63) is 147 Å². The van der Waals surface area contributed by atoms with Crippen LogP contribution >= 0.6 is 0 Å². The molecule has 1 aliphatic rings. The predicted octanol–water partition coefficient (Wildman–Crippen LogP) is 7.20. The van der Waals surface area contributed by atoms with E-state index >= 15 is 0 Å². The number of fused-ring (bicyclic) bond motifs is 1. The monoisotopic (exact) mass is 669 g/mol. The average molecular weight is 670 g/mol. The maximum Gasteiger partial charge on any atom is 0.187 e. The molecule has 4 aromatic carbocycles. The molecule has 0 saturated heterocycles. The number of hydrogen-bond acceptors (Lipinski definition) is 6. The molecule has 0 spiro atoms. The third-order valence-electron chi connectivity index (χ3n) is 8.92. The molecule has 0 aliphatic carbocycles. The molecule has 7 nitrogen and oxygen atoms in total. The highest BCUT2D eigenvalue weighted by molar-refractivity contribution is 5.75. The Morgan fingerprint density at radius 2 is 1.53 bits per heavy atom. The van der Waals surface area contributed by atoms with E-state index in [0.717, 1.165) is 55.3 Å². The van der Waals surface area contributed by atoms with E-state index in [0.29, 0.717) is 41.0 Å². The van der Waals surface area contributed by atoms with Gasteiger partial charge in [-0.3, -0.25) is 4.79 Å². The summed E-state index contributed by atoms with van der Waals surface area (Å²) in [5.74, 6) is -0.623. The van der Waals surface area contributed by atoms with Crippen LogP contribution in [0.2, 0.25) is 0 Å². The molecule has 0 radical (unpaired) electrons. The molecule has 1 aliphatic heterocycles. The van der Waals surface area contributed by atoms with Crippen LogP contribution in [0.4, 0.5) is 14.5 Å². The fourth-order valence-corrected chi connectivity index (χ4v) is 6.43. The van der Waals surface area contributed by atoms with Crippen molar-refractivity contribution in [3.8, 4) is 0 Å². The van der Waals surface area contributed by atoms with Crippen molar-refractivity contribution in [1.82, 2.24) is 9.80 Å². The maximum absolute atomic E-state index is 13.4. The second kappa shape index (κ2) is 16.9. The van der Waals surface area contributed by atoms with E-state index in [9.17, 15) is 23.8 Å². The van der Waals surface area contributed by atoms with Gasteiger partial charge in [-0.05, 0) is 131 Å². The van der Waals surface area contributed by atoms with Gasteiger partial charge in [0.05, 0.1) is 19.8 Å². The topological polar surface area (TPSA) is 77.6 Å². The van der Waals surface area contributed by atoms with Crippen LogP contribution in [0.3, 0.4) is 0 Å². The van der Waals surface area contributed by atoms with Gasteiger partial charge in [-0.2, -0.15) is 0 Å². The second-order valence-electron chi connectivity index (χ2n) is 12.9. The minimum Gasteiger partial charge on any atom is -0.392 e. The van der Waals surface area contributed by atoms with Gasteiger partial charge >= 0.3 is 0 Å². The van der Waals surface area contributed by atoms with Gasteiger partial charge in [0.2, 0.25) is 0 Å². The number of halogens is 2. The normalized spacial score (nSPS) is 16.4.